The number of halogens is 1. The number of rotatable bonds is 10. The molecule has 6 nitrogen and oxygen atoms in total. The van der Waals surface area contributed by atoms with Gasteiger partial charge in [0.15, 0.2) is 21.4 Å². The van der Waals surface area contributed by atoms with Gasteiger partial charge in [-0.3, -0.25) is 9.59 Å². The van der Waals surface area contributed by atoms with Gasteiger partial charge in [-0.15, -0.1) is 0 Å². The number of ketones is 2. The Bertz CT molecular complexity index is 798. The maximum atomic E-state index is 12.9. The summed E-state index contributed by atoms with van der Waals surface area (Å²) in [6.07, 6.45) is 3.86. The number of sulfone groups is 1. The van der Waals surface area contributed by atoms with Gasteiger partial charge in [0.2, 0.25) is 0 Å². The van der Waals surface area contributed by atoms with Crippen LogP contribution in [0, 0.1) is 5.92 Å². The highest BCUT2D eigenvalue weighted by atomic mass is 35.5. The van der Waals surface area contributed by atoms with Crippen LogP contribution in [-0.4, -0.2) is 39.5 Å². The van der Waals surface area contributed by atoms with Gasteiger partial charge >= 0.3 is 0 Å². The fourth-order valence-electron chi connectivity index (χ4n) is 2.26. The molecule has 0 saturated carbocycles. The van der Waals surface area contributed by atoms with Gasteiger partial charge in [-0.25, -0.2) is 8.42 Å². The van der Waals surface area contributed by atoms with Gasteiger partial charge in [0.25, 0.3) is 0 Å². The van der Waals surface area contributed by atoms with Gasteiger partial charge in [-0.1, -0.05) is 18.5 Å². The lowest BCUT2D eigenvalue weighted by Crippen LogP contribution is -2.22. The Balaban J connectivity index is 3.46. The van der Waals surface area contributed by atoms with Crippen molar-refractivity contribution in [2.24, 2.45) is 5.92 Å². The normalized spacial score (nSPS) is 12.8. The van der Waals surface area contributed by atoms with Crippen LogP contribution < -0.4 is 4.74 Å². The molecule has 1 unspecified atom stereocenters. The largest absolute Gasteiger partial charge is 0.502 e. The van der Waals surface area contributed by atoms with Gasteiger partial charge in [-0.2, -0.15) is 0 Å². The third-order valence-corrected chi connectivity index (χ3v) is 5.02. The standard InChI is InChI=1S/C18H23ClO6S/c1-5-14(20)12(10-11-24-6-2)17(21)13-8-9-15(26(4,22)23)18(16(13)19)25-7-3/h8-12H,5-7H2,1-4H3. The predicted molar refractivity (Wildman–Crippen MR) is 99.6 cm³/mol. The highest BCUT2D eigenvalue weighted by molar-refractivity contribution is 7.90. The minimum Gasteiger partial charge on any atom is -0.502 e. The zero-order valence-corrected chi connectivity index (χ0v) is 16.8. The van der Waals surface area contributed by atoms with Crippen LogP contribution in [0.3, 0.4) is 0 Å². The molecule has 0 aliphatic rings. The van der Waals surface area contributed by atoms with E-state index in [2.05, 4.69) is 0 Å². The van der Waals surface area contributed by atoms with Crippen molar-refractivity contribution in [1.29, 1.82) is 0 Å². The molecule has 0 bridgehead atoms. The summed E-state index contributed by atoms with van der Waals surface area (Å²) in [7, 11) is -3.60. The Labute approximate surface area is 159 Å². The molecule has 8 heteroatoms. The van der Waals surface area contributed by atoms with Crippen LogP contribution in [0.1, 0.15) is 37.6 Å². The monoisotopic (exact) mass is 402 g/mol. The van der Waals surface area contributed by atoms with Crippen molar-refractivity contribution < 1.29 is 27.5 Å². The molecule has 1 rings (SSSR count). The van der Waals surface area contributed by atoms with Crippen molar-refractivity contribution in [3.63, 3.8) is 0 Å². The van der Waals surface area contributed by atoms with E-state index in [0.717, 1.165) is 6.26 Å². The zero-order chi connectivity index (χ0) is 19.9. The molecule has 1 aromatic carbocycles. The number of allylic oxidation sites excluding steroid dienone is 1. The van der Waals surface area contributed by atoms with Crippen LogP contribution in [0.15, 0.2) is 29.4 Å². The maximum Gasteiger partial charge on any atom is 0.179 e. The third kappa shape index (κ3) is 5.32. The van der Waals surface area contributed by atoms with Crippen molar-refractivity contribution in [1.82, 2.24) is 0 Å². The second-order valence-electron chi connectivity index (χ2n) is 5.41. The van der Waals surface area contributed by atoms with Crippen molar-refractivity contribution in [3.05, 3.63) is 35.1 Å². The average Bonchev–Trinajstić information content (AvgIpc) is 2.58. The molecule has 0 fully saturated rings. The smallest absolute Gasteiger partial charge is 0.179 e. The molecule has 1 aromatic rings. The number of Topliss-reactive ketones (excluding diaryl/α,β-unsaturated/α-hetero) is 2. The SMILES string of the molecule is CCOC=CC(C(=O)CC)C(=O)c1ccc(S(C)(=O)=O)c(OCC)c1Cl. The molecule has 0 N–H and O–H groups in total. The third-order valence-electron chi connectivity index (χ3n) is 3.53. The summed E-state index contributed by atoms with van der Waals surface area (Å²) in [6, 6.07) is 2.56. The second kappa shape index (κ2) is 9.73. The van der Waals surface area contributed by atoms with E-state index in [0.29, 0.717) is 6.61 Å². The van der Waals surface area contributed by atoms with E-state index >= 15 is 0 Å². The fourth-order valence-corrected chi connectivity index (χ4v) is 3.44. The molecule has 0 spiro atoms. The molecule has 0 heterocycles. The molecule has 0 aliphatic heterocycles. The first-order valence-corrected chi connectivity index (χ1v) is 10.5. The van der Waals surface area contributed by atoms with E-state index in [1.807, 2.05) is 0 Å². The van der Waals surface area contributed by atoms with Crippen LogP contribution in [0.25, 0.3) is 0 Å². The molecule has 0 saturated heterocycles. The van der Waals surface area contributed by atoms with E-state index in [-0.39, 0.29) is 40.0 Å². The summed E-state index contributed by atoms with van der Waals surface area (Å²) in [5, 5.41) is -0.126. The van der Waals surface area contributed by atoms with Crippen molar-refractivity contribution >= 4 is 33.0 Å². The van der Waals surface area contributed by atoms with Gasteiger partial charge in [0.05, 0.1) is 24.5 Å². The summed E-state index contributed by atoms with van der Waals surface area (Å²) in [4.78, 5) is 24.9. The van der Waals surface area contributed by atoms with Crippen LogP contribution in [0.4, 0.5) is 0 Å². The first-order valence-electron chi connectivity index (χ1n) is 8.19. The molecule has 0 amide bonds. The first-order chi connectivity index (χ1) is 12.2. The molecular weight excluding hydrogens is 380 g/mol. The molecule has 0 radical (unpaired) electrons. The van der Waals surface area contributed by atoms with Crippen LogP contribution in [0.2, 0.25) is 5.02 Å². The maximum absolute atomic E-state index is 12.9. The zero-order valence-electron chi connectivity index (χ0n) is 15.2. The van der Waals surface area contributed by atoms with Crippen LogP contribution in [0.5, 0.6) is 5.75 Å². The van der Waals surface area contributed by atoms with E-state index in [4.69, 9.17) is 21.1 Å². The number of hydrogen-bond acceptors (Lipinski definition) is 6. The van der Waals surface area contributed by atoms with E-state index in [1.54, 1.807) is 20.8 Å². The first kappa shape index (κ1) is 22.2. The Hall–Kier alpha value is -1.86. The Morgan fingerprint density at radius 3 is 2.35 bits per heavy atom. The number of benzene rings is 1. The molecule has 26 heavy (non-hydrogen) atoms. The van der Waals surface area contributed by atoms with E-state index in [1.165, 1.54) is 24.5 Å². The van der Waals surface area contributed by atoms with Gasteiger partial charge in [-0.05, 0) is 32.1 Å². The van der Waals surface area contributed by atoms with Crippen molar-refractivity contribution in [3.8, 4) is 5.75 Å². The van der Waals surface area contributed by atoms with E-state index in [9.17, 15) is 18.0 Å². The lowest BCUT2D eigenvalue weighted by Gasteiger charge is -2.16. The second-order valence-corrected chi connectivity index (χ2v) is 7.77. The summed E-state index contributed by atoms with van der Waals surface area (Å²) < 4.78 is 34.3. The lowest BCUT2D eigenvalue weighted by atomic mass is 9.92. The molecule has 0 aromatic heterocycles. The lowest BCUT2D eigenvalue weighted by molar-refractivity contribution is -0.120. The fraction of sp³-hybridized carbons (Fsp3) is 0.444. The molecular formula is C18H23ClO6S. The van der Waals surface area contributed by atoms with Crippen LogP contribution in [-0.2, 0) is 19.4 Å². The minimum atomic E-state index is -3.60. The van der Waals surface area contributed by atoms with Gasteiger partial charge < -0.3 is 9.47 Å². The Morgan fingerprint density at radius 1 is 1.19 bits per heavy atom. The van der Waals surface area contributed by atoms with Gasteiger partial charge in [0.1, 0.15) is 16.6 Å². The number of ether oxygens (including phenoxy) is 2. The van der Waals surface area contributed by atoms with Crippen molar-refractivity contribution in [2.75, 3.05) is 19.5 Å². The molecule has 0 aliphatic carbocycles. The highest BCUT2D eigenvalue weighted by Crippen LogP contribution is 2.36. The molecule has 1 atom stereocenters. The quantitative estimate of drug-likeness (QED) is 0.338. The average molecular weight is 403 g/mol. The van der Waals surface area contributed by atoms with Crippen molar-refractivity contribution in [2.45, 2.75) is 32.1 Å². The summed E-state index contributed by atoms with van der Waals surface area (Å²) in [6.45, 7) is 5.66. The Morgan fingerprint density at radius 2 is 1.85 bits per heavy atom. The van der Waals surface area contributed by atoms with Crippen LogP contribution >= 0.6 is 11.6 Å². The predicted octanol–water partition coefficient (Wildman–Crippen LogP) is 3.47. The highest BCUT2D eigenvalue weighted by Gasteiger charge is 2.29. The number of carbonyl (C=O) groups is 2. The number of carbonyl (C=O) groups excluding carboxylic acids is 2. The summed E-state index contributed by atoms with van der Waals surface area (Å²) in [5.41, 5.74) is 0.0236. The minimum absolute atomic E-state index is 0.0236. The molecule has 144 valence electrons. The van der Waals surface area contributed by atoms with Gasteiger partial charge in [0, 0.05) is 18.2 Å². The van der Waals surface area contributed by atoms with E-state index < -0.39 is 21.5 Å². The summed E-state index contributed by atoms with van der Waals surface area (Å²) >= 11 is 6.27. The summed E-state index contributed by atoms with van der Waals surface area (Å²) in [5.74, 6) is -1.99. The Kier molecular flexibility index (Phi) is 8.30. The topological polar surface area (TPSA) is 86.7 Å². The number of hydrogen-bond donors (Lipinski definition) is 0.